The Balaban J connectivity index is 1.59. The number of hydrogen-bond acceptors (Lipinski definition) is 4. The van der Waals surface area contributed by atoms with Gasteiger partial charge in [0.05, 0.1) is 0 Å². The lowest BCUT2D eigenvalue weighted by atomic mass is 10.0. The van der Waals surface area contributed by atoms with Crippen LogP contribution in [-0.2, 0) is 20.8 Å². The maximum atomic E-state index is 12.4. The Morgan fingerprint density at radius 1 is 1.23 bits per heavy atom. The molecule has 1 saturated heterocycles. The molecule has 2 rings (SSSR count). The zero-order chi connectivity index (χ0) is 21.4. The number of carbonyl (C=O) groups excluding carboxylic acids is 1. The molecule has 168 valence electrons. The van der Waals surface area contributed by atoms with E-state index in [-0.39, 0.29) is 5.91 Å². The van der Waals surface area contributed by atoms with Crippen molar-refractivity contribution in [3.05, 3.63) is 35.9 Å². The van der Waals surface area contributed by atoms with Crippen LogP contribution in [0.4, 0.5) is 0 Å². The summed E-state index contributed by atoms with van der Waals surface area (Å²) in [5.74, 6) is 1.50. The molecule has 30 heavy (non-hydrogen) atoms. The molecule has 1 heterocycles. The summed E-state index contributed by atoms with van der Waals surface area (Å²) in [6.45, 7) is 7.98. The van der Waals surface area contributed by atoms with E-state index in [1.54, 1.807) is 4.90 Å². The van der Waals surface area contributed by atoms with E-state index in [0.29, 0.717) is 32.0 Å². The highest BCUT2D eigenvalue weighted by Gasteiger charge is 2.13. The van der Waals surface area contributed by atoms with Crippen molar-refractivity contribution < 1.29 is 14.3 Å². The normalized spacial score (nSPS) is 15.1. The van der Waals surface area contributed by atoms with Gasteiger partial charge in [-0.3, -0.25) is 9.79 Å². The fourth-order valence-corrected chi connectivity index (χ4v) is 3.29. The maximum absolute atomic E-state index is 12.4. The lowest BCUT2D eigenvalue weighted by Crippen LogP contribution is -2.39. The van der Waals surface area contributed by atoms with Crippen LogP contribution in [-0.4, -0.2) is 69.9 Å². The van der Waals surface area contributed by atoms with Crippen LogP contribution in [0.15, 0.2) is 35.3 Å². The number of ether oxygens (including phenoxy) is 2. The molecule has 7 heteroatoms. The molecule has 1 aliphatic heterocycles. The quantitative estimate of drug-likeness (QED) is 0.310. The van der Waals surface area contributed by atoms with Crippen molar-refractivity contribution in [2.45, 2.75) is 39.2 Å². The minimum atomic E-state index is 0.115. The van der Waals surface area contributed by atoms with E-state index < -0.39 is 0 Å². The predicted octanol–water partition coefficient (Wildman–Crippen LogP) is 2.42. The minimum absolute atomic E-state index is 0.115. The van der Waals surface area contributed by atoms with Crippen molar-refractivity contribution >= 4 is 11.9 Å². The summed E-state index contributed by atoms with van der Waals surface area (Å²) in [7, 11) is 1.84. The van der Waals surface area contributed by atoms with Gasteiger partial charge in [-0.05, 0) is 37.7 Å². The minimum Gasteiger partial charge on any atom is -0.381 e. The van der Waals surface area contributed by atoms with E-state index in [9.17, 15) is 4.79 Å². The smallest absolute Gasteiger partial charge is 0.224 e. The average Bonchev–Trinajstić information content (AvgIpc) is 2.77. The molecule has 0 saturated carbocycles. The molecule has 1 aromatic rings. The van der Waals surface area contributed by atoms with Gasteiger partial charge in [-0.25, -0.2) is 0 Å². The molecular weight excluding hydrogens is 380 g/mol. The second-order valence-corrected chi connectivity index (χ2v) is 7.66. The number of hydrogen-bond donors (Lipinski definition) is 2. The predicted molar refractivity (Wildman–Crippen MR) is 120 cm³/mol. The number of nitrogens with zero attached hydrogens (tertiary/aromatic N) is 2. The third-order valence-electron chi connectivity index (χ3n) is 5.07. The molecule has 7 nitrogen and oxygen atoms in total. The molecule has 0 unspecified atom stereocenters. The number of amides is 1. The number of guanidine groups is 1. The molecular formula is C23H38N4O3. The van der Waals surface area contributed by atoms with E-state index in [0.717, 1.165) is 63.8 Å². The van der Waals surface area contributed by atoms with Crippen LogP contribution in [0.25, 0.3) is 0 Å². The second kappa shape index (κ2) is 14.8. The monoisotopic (exact) mass is 418 g/mol. The number of carbonyl (C=O) groups is 1. The van der Waals surface area contributed by atoms with Gasteiger partial charge in [0.1, 0.15) is 0 Å². The van der Waals surface area contributed by atoms with E-state index >= 15 is 0 Å². The largest absolute Gasteiger partial charge is 0.381 e. The van der Waals surface area contributed by atoms with Crippen LogP contribution in [0.2, 0.25) is 0 Å². The first-order chi connectivity index (χ1) is 14.7. The number of nitrogens with one attached hydrogen (secondary N) is 2. The van der Waals surface area contributed by atoms with Gasteiger partial charge < -0.3 is 25.0 Å². The van der Waals surface area contributed by atoms with Gasteiger partial charge in [-0.1, -0.05) is 30.3 Å². The van der Waals surface area contributed by atoms with Crippen molar-refractivity contribution in [3.63, 3.8) is 0 Å². The fraction of sp³-hybridized carbons (Fsp3) is 0.652. The Hall–Kier alpha value is -2.12. The van der Waals surface area contributed by atoms with Crippen LogP contribution in [0, 0.1) is 5.92 Å². The van der Waals surface area contributed by atoms with Gasteiger partial charge in [0, 0.05) is 66.1 Å². The van der Waals surface area contributed by atoms with E-state index in [1.807, 2.05) is 44.3 Å². The first kappa shape index (κ1) is 24.2. The Bertz CT molecular complexity index is 618. The number of rotatable bonds is 12. The van der Waals surface area contributed by atoms with E-state index in [2.05, 4.69) is 15.6 Å². The summed E-state index contributed by atoms with van der Waals surface area (Å²) in [5, 5.41) is 6.48. The lowest BCUT2D eigenvalue weighted by molar-refractivity contribution is -0.130. The van der Waals surface area contributed by atoms with Gasteiger partial charge in [-0.2, -0.15) is 0 Å². The second-order valence-electron chi connectivity index (χ2n) is 7.66. The Morgan fingerprint density at radius 3 is 2.73 bits per heavy atom. The summed E-state index contributed by atoms with van der Waals surface area (Å²) >= 11 is 0. The average molecular weight is 419 g/mol. The number of aliphatic imine (C=N–C) groups is 1. The molecule has 0 atom stereocenters. The highest BCUT2D eigenvalue weighted by Crippen LogP contribution is 2.14. The van der Waals surface area contributed by atoms with Crippen LogP contribution in [0.1, 0.15) is 38.2 Å². The Kier molecular flexibility index (Phi) is 11.9. The Morgan fingerprint density at radius 2 is 2.00 bits per heavy atom. The first-order valence-corrected chi connectivity index (χ1v) is 11.1. The highest BCUT2D eigenvalue weighted by molar-refractivity contribution is 5.81. The fourth-order valence-electron chi connectivity index (χ4n) is 3.29. The van der Waals surface area contributed by atoms with Crippen molar-refractivity contribution in [1.82, 2.24) is 15.5 Å². The molecule has 0 radical (unpaired) electrons. The highest BCUT2D eigenvalue weighted by atomic mass is 16.5. The molecule has 1 aromatic carbocycles. The summed E-state index contributed by atoms with van der Waals surface area (Å²) in [4.78, 5) is 18.7. The third-order valence-corrected chi connectivity index (χ3v) is 5.07. The van der Waals surface area contributed by atoms with Crippen LogP contribution < -0.4 is 10.6 Å². The molecule has 1 aliphatic rings. The SMILES string of the molecule is CCNC(=NCCCOCC1CCOCC1)NCCC(=O)N(C)Cc1ccccc1. The van der Waals surface area contributed by atoms with Gasteiger partial charge >= 0.3 is 0 Å². The lowest BCUT2D eigenvalue weighted by Gasteiger charge is -2.21. The topological polar surface area (TPSA) is 75.2 Å². The molecule has 0 spiro atoms. The summed E-state index contributed by atoms with van der Waals surface area (Å²) in [5.41, 5.74) is 1.13. The van der Waals surface area contributed by atoms with E-state index in [4.69, 9.17) is 9.47 Å². The first-order valence-electron chi connectivity index (χ1n) is 11.1. The van der Waals surface area contributed by atoms with Crippen LogP contribution in [0.3, 0.4) is 0 Å². The molecule has 1 amide bonds. The molecule has 2 N–H and O–H groups in total. The van der Waals surface area contributed by atoms with Crippen molar-refractivity contribution in [1.29, 1.82) is 0 Å². The molecule has 0 bridgehead atoms. The van der Waals surface area contributed by atoms with Crippen molar-refractivity contribution in [2.24, 2.45) is 10.9 Å². The van der Waals surface area contributed by atoms with Crippen LogP contribution >= 0.6 is 0 Å². The van der Waals surface area contributed by atoms with Crippen molar-refractivity contribution in [3.8, 4) is 0 Å². The van der Waals surface area contributed by atoms with Gasteiger partial charge in [-0.15, -0.1) is 0 Å². The van der Waals surface area contributed by atoms with Crippen molar-refractivity contribution in [2.75, 3.05) is 53.1 Å². The number of benzene rings is 1. The summed E-state index contributed by atoms with van der Waals surface area (Å²) in [6, 6.07) is 10.0. The molecule has 0 aromatic heterocycles. The van der Waals surface area contributed by atoms with E-state index in [1.165, 1.54) is 0 Å². The maximum Gasteiger partial charge on any atom is 0.224 e. The van der Waals surface area contributed by atoms with Crippen LogP contribution in [0.5, 0.6) is 0 Å². The summed E-state index contributed by atoms with van der Waals surface area (Å²) in [6.07, 6.45) is 3.53. The van der Waals surface area contributed by atoms with Gasteiger partial charge in [0.25, 0.3) is 0 Å². The van der Waals surface area contributed by atoms with Gasteiger partial charge in [0.2, 0.25) is 5.91 Å². The zero-order valence-electron chi connectivity index (χ0n) is 18.6. The molecule has 0 aliphatic carbocycles. The summed E-state index contributed by atoms with van der Waals surface area (Å²) < 4.78 is 11.2. The third kappa shape index (κ3) is 10.1. The standard InChI is InChI=1S/C23H38N4O3/c1-3-24-23(25-13-7-15-30-19-21-11-16-29-17-12-21)26-14-10-22(28)27(2)18-20-8-5-4-6-9-20/h4-6,8-9,21H,3,7,10-19H2,1-2H3,(H2,24,25,26). The van der Waals surface area contributed by atoms with Gasteiger partial charge in [0.15, 0.2) is 5.96 Å². The molecule has 1 fully saturated rings. The zero-order valence-corrected chi connectivity index (χ0v) is 18.6. The Labute approximate surface area is 181 Å².